The van der Waals surface area contributed by atoms with Crippen LogP contribution in [0.3, 0.4) is 0 Å². The summed E-state index contributed by atoms with van der Waals surface area (Å²) in [7, 11) is 19.0. The van der Waals surface area contributed by atoms with Gasteiger partial charge in [0.05, 0.1) is 36.6 Å². The maximum absolute atomic E-state index is 12.4. The Morgan fingerprint density at radius 1 is 0.371 bits per heavy atom. The second-order valence-corrected chi connectivity index (χ2v) is 15.8. The molecule has 9 N–H and O–H groups in total. The van der Waals surface area contributed by atoms with Crippen molar-refractivity contribution in [3.63, 3.8) is 0 Å². The molecule has 0 saturated heterocycles. The van der Waals surface area contributed by atoms with E-state index < -0.39 is 57.2 Å². The molecule has 0 atom stereocenters. The van der Waals surface area contributed by atoms with Crippen LogP contribution in [0, 0.1) is 0 Å². The number of phenols is 9. The third-order valence-corrected chi connectivity index (χ3v) is 12.6. The van der Waals surface area contributed by atoms with Crippen molar-refractivity contribution in [1.82, 2.24) is 19.4 Å². The number of nitrogens with zero attached hydrogens (tertiary/aromatic N) is 4. The highest BCUT2D eigenvalue weighted by Crippen LogP contribution is 2.60. The van der Waals surface area contributed by atoms with E-state index in [0.717, 1.165) is 22.5 Å². The molecule has 0 aliphatic rings. The smallest absolute Gasteiger partial charge is 0.201 e. The molecule has 0 saturated carbocycles. The van der Waals surface area contributed by atoms with E-state index in [1.807, 2.05) is 60.7 Å². The van der Waals surface area contributed by atoms with E-state index in [4.69, 9.17) is 38.5 Å². The molecule has 0 unspecified atom stereocenters. The van der Waals surface area contributed by atoms with Gasteiger partial charge in [0.1, 0.15) is 57.6 Å². The lowest BCUT2D eigenvalue weighted by atomic mass is 9.75. The van der Waals surface area contributed by atoms with Gasteiger partial charge in [-0.05, 0) is 17.1 Å². The Morgan fingerprint density at radius 3 is 1.50 bits per heavy atom. The number of rotatable bonds is 4. The number of fused-ring (bicyclic) bond motifs is 9. The highest BCUT2D eigenvalue weighted by Gasteiger charge is 2.34. The first kappa shape index (κ1) is 37.0. The summed E-state index contributed by atoms with van der Waals surface area (Å²) in [6, 6.07) is 25.3. The van der Waals surface area contributed by atoms with Crippen molar-refractivity contribution in [2.24, 2.45) is 0 Å². The summed E-state index contributed by atoms with van der Waals surface area (Å²) in [6.07, 6.45) is 0. The standard InChI is InChI=1S/C45H23B3N4O9S/c46-26-20-23-31(52-29(20)22(33(54)28(26)48)21-27(47)37(58)39(60)38(59)30(21)52)34(55)25-24-32(53)19(35(56)40(61)42(24)62-41(25)36(23)57)17-12-7-13-18(14-17)45-50-43(15-8-3-1-4-9-15)49-44(51-45)16-10-5-2-6-11-16/h1-14,53-61H. The first-order valence-corrected chi connectivity index (χ1v) is 19.5. The Hall–Kier alpha value is -8.04. The fourth-order valence-corrected chi connectivity index (χ4v) is 9.82. The zero-order valence-corrected chi connectivity index (χ0v) is 32.4. The molecule has 0 spiro atoms. The van der Waals surface area contributed by atoms with Crippen LogP contribution >= 0.6 is 11.3 Å². The van der Waals surface area contributed by atoms with Crippen LogP contribution in [0.1, 0.15) is 0 Å². The van der Waals surface area contributed by atoms with Gasteiger partial charge in [-0.15, -0.1) is 11.3 Å². The van der Waals surface area contributed by atoms with E-state index in [0.29, 0.717) is 17.2 Å². The zero-order valence-electron chi connectivity index (χ0n) is 31.5. The van der Waals surface area contributed by atoms with Crippen LogP contribution in [0.25, 0.3) is 104 Å². The summed E-state index contributed by atoms with van der Waals surface area (Å²) in [5.41, 5.74) is 0.350. The van der Waals surface area contributed by atoms with Crippen molar-refractivity contribution in [2.75, 3.05) is 0 Å². The molecule has 292 valence electrons. The Labute approximate surface area is 355 Å². The van der Waals surface area contributed by atoms with E-state index in [1.54, 1.807) is 24.3 Å². The minimum atomic E-state index is -1.01. The molecule has 4 aromatic heterocycles. The van der Waals surface area contributed by atoms with Crippen molar-refractivity contribution >= 4 is 110 Å². The normalized spacial score (nSPS) is 12.0. The van der Waals surface area contributed by atoms with E-state index in [9.17, 15) is 46.0 Å². The largest absolute Gasteiger partial charge is 0.508 e. The molecular formula is C45H23B3N4O9S. The molecule has 7 aromatic carbocycles. The lowest BCUT2D eigenvalue weighted by Gasteiger charge is -2.14. The molecule has 11 aromatic rings. The Kier molecular flexibility index (Phi) is 7.60. The molecule has 11 rings (SSSR count). The highest BCUT2D eigenvalue weighted by molar-refractivity contribution is 7.26. The number of thiophene rings is 1. The summed E-state index contributed by atoms with van der Waals surface area (Å²) < 4.78 is 1.02. The van der Waals surface area contributed by atoms with Crippen molar-refractivity contribution in [2.45, 2.75) is 0 Å². The van der Waals surface area contributed by atoms with Crippen molar-refractivity contribution < 1.29 is 46.0 Å². The predicted molar refractivity (Wildman–Crippen MR) is 240 cm³/mol. The van der Waals surface area contributed by atoms with Crippen LogP contribution in [-0.2, 0) is 0 Å². The van der Waals surface area contributed by atoms with Crippen molar-refractivity contribution in [3.8, 4) is 97.0 Å². The Balaban J connectivity index is 1.21. The molecule has 0 aliphatic carbocycles. The molecular weight excluding hydrogens is 805 g/mol. The van der Waals surface area contributed by atoms with Gasteiger partial charge >= 0.3 is 0 Å². The SMILES string of the molecule is [B]c1c([B])c2c3c(O)c4sc5c(O)c(O)c(-c6cccc(-c7nc(-c8ccccc8)nc(-c8ccccc8)n7)c6)c(O)c5c4c(O)c3n3c4c(O)c(O)c(O)c([B])c4c(c1O)c23. The molecule has 4 heterocycles. The average molecular weight is 828 g/mol. The maximum atomic E-state index is 12.4. The summed E-state index contributed by atoms with van der Waals surface area (Å²) in [5.74, 6) is -5.43. The molecule has 17 heteroatoms. The Morgan fingerprint density at radius 2 is 0.871 bits per heavy atom. The van der Waals surface area contributed by atoms with Crippen molar-refractivity contribution in [1.29, 1.82) is 0 Å². The number of hydrogen-bond acceptors (Lipinski definition) is 13. The fraction of sp³-hybridized carbons (Fsp3) is 0. The van der Waals surface area contributed by atoms with Gasteiger partial charge in [-0.25, -0.2) is 15.0 Å². The minimum Gasteiger partial charge on any atom is -0.508 e. The zero-order chi connectivity index (χ0) is 43.2. The number of hydrogen-bond donors (Lipinski definition) is 9. The van der Waals surface area contributed by atoms with Gasteiger partial charge in [-0.3, -0.25) is 0 Å². The number of phenolic OH excluding ortho intramolecular Hbond substituents is 9. The molecule has 0 aliphatic heterocycles. The van der Waals surface area contributed by atoms with Crippen LogP contribution in [0.5, 0.6) is 51.7 Å². The molecule has 6 radical (unpaired) electrons. The minimum absolute atomic E-state index is 0.00408. The summed E-state index contributed by atoms with van der Waals surface area (Å²) in [5, 5.41) is 103. The Bertz CT molecular complexity index is 3730. The van der Waals surface area contributed by atoms with Gasteiger partial charge < -0.3 is 50.4 Å². The van der Waals surface area contributed by atoms with Gasteiger partial charge in [0.25, 0.3) is 0 Å². The predicted octanol–water partition coefficient (Wildman–Crippen LogP) is 5.79. The van der Waals surface area contributed by atoms with Gasteiger partial charge in [0.2, 0.25) is 5.75 Å². The number of aromatic nitrogens is 4. The van der Waals surface area contributed by atoms with Crippen LogP contribution in [0.2, 0.25) is 0 Å². The van der Waals surface area contributed by atoms with Gasteiger partial charge in [0, 0.05) is 32.8 Å². The number of aromatic hydroxyl groups is 9. The third-order valence-electron chi connectivity index (χ3n) is 11.4. The molecule has 0 fully saturated rings. The summed E-state index contributed by atoms with van der Waals surface area (Å²) in [4.78, 5) is 14.3. The van der Waals surface area contributed by atoms with Crippen LogP contribution < -0.4 is 16.4 Å². The summed E-state index contributed by atoms with van der Waals surface area (Å²) >= 11 is 0.744. The molecule has 13 nitrogen and oxygen atoms in total. The van der Waals surface area contributed by atoms with E-state index in [1.165, 1.54) is 4.40 Å². The average Bonchev–Trinajstić information content (AvgIpc) is 3.98. The van der Waals surface area contributed by atoms with Gasteiger partial charge in [-0.1, -0.05) is 89.8 Å². The molecule has 62 heavy (non-hydrogen) atoms. The van der Waals surface area contributed by atoms with E-state index in [2.05, 4.69) is 0 Å². The highest BCUT2D eigenvalue weighted by atomic mass is 32.1. The topological polar surface area (TPSA) is 225 Å². The number of benzene rings is 7. The molecule has 0 bridgehead atoms. The van der Waals surface area contributed by atoms with Crippen LogP contribution in [0.15, 0.2) is 84.9 Å². The first-order chi connectivity index (χ1) is 29.8. The lowest BCUT2D eigenvalue weighted by Crippen LogP contribution is -2.26. The monoisotopic (exact) mass is 828 g/mol. The third kappa shape index (κ3) is 4.67. The van der Waals surface area contributed by atoms with Crippen LogP contribution in [-0.4, -0.2) is 88.9 Å². The lowest BCUT2D eigenvalue weighted by molar-refractivity contribution is 0.373. The second kappa shape index (κ2) is 12.7. The first-order valence-electron chi connectivity index (χ1n) is 18.7. The fourth-order valence-electron chi connectivity index (χ4n) is 8.62. The quantitative estimate of drug-likeness (QED) is 0.0584. The summed E-state index contributed by atoms with van der Waals surface area (Å²) in [6.45, 7) is 0. The van der Waals surface area contributed by atoms with E-state index in [-0.39, 0.29) is 86.1 Å². The van der Waals surface area contributed by atoms with Gasteiger partial charge in [-0.2, -0.15) is 0 Å². The second-order valence-electron chi connectivity index (χ2n) is 14.8. The molecule has 0 amide bonds. The maximum Gasteiger partial charge on any atom is 0.201 e. The van der Waals surface area contributed by atoms with Crippen molar-refractivity contribution in [3.05, 3.63) is 84.9 Å². The van der Waals surface area contributed by atoms with E-state index >= 15 is 0 Å². The van der Waals surface area contributed by atoms with Gasteiger partial charge in [0.15, 0.2) is 40.5 Å². The van der Waals surface area contributed by atoms with Crippen LogP contribution in [0.4, 0.5) is 0 Å².